The Morgan fingerprint density at radius 1 is 1.11 bits per heavy atom. The molecule has 2 atom stereocenters. The van der Waals surface area contributed by atoms with Crippen LogP contribution in [0.25, 0.3) is 0 Å². The second-order valence-corrected chi connectivity index (χ2v) is 6.26. The highest BCUT2D eigenvalue weighted by Crippen LogP contribution is 2.15. The molecule has 0 bridgehead atoms. The minimum Gasteiger partial charge on any atom is -0.314 e. The van der Waals surface area contributed by atoms with Crippen molar-refractivity contribution in [2.75, 3.05) is 13.6 Å². The zero-order chi connectivity index (χ0) is 14.4. The first-order valence-corrected chi connectivity index (χ1v) is 7.46. The van der Waals surface area contributed by atoms with Crippen LogP contribution in [0.3, 0.4) is 0 Å². The molecule has 19 heavy (non-hydrogen) atoms. The number of benzene rings is 1. The Morgan fingerprint density at radius 2 is 1.68 bits per heavy atom. The van der Waals surface area contributed by atoms with Gasteiger partial charge in [-0.3, -0.25) is 4.90 Å². The molecule has 1 aromatic carbocycles. The summed E-state index contributed by atoms with van der Waals surface area (Å²) >= 11 is 5.91. The van der Waals surface area contributed by atoms with Crippen molar-refractivity contribution in [2.45, 2.75) is 46.3 Å². The van der Waals surface area contributed by atoms with Gasteiger partial charge in [-0.15, -0.1) is 0 Å². The third kappa shape index (κ3) is 5.94. The van der Waals surface area contributed by atoms with E-state index in [2.05, 4.69) is 57.1 Å². The standard InChI is InChI=1S/C16H27ClN2/c1-12(2)18-10-13(3)14(4)19(5)11-15-6-8-16(17)9-7-15/h6-9,12-14,18H,10-11H2,1-5H3. The number of halogens is 1. The van der Waals surface area contributed by atoms with E-state index in [0.717, 1.165) is 18.1 Å². The summed E-state index contributed by atoms with van der Waals surface area (Å²) in [4.78, 5) is 2.40. The average Bonchev–Trinajstić information content (AvgIpc) is 2.37. The maximum Gasteiger partial charge on any atom is 0.0406 e. The number of rotatable bonds is 7. The van der Waals surface area contributed by atoms with Crippen LogP contribution >= 0.6 is 11.6 Å². The number of hydrogen-bond donors (Lipinski definition) is 1. The van der Waals surface area contributed by atoms with Crippen molar-refractivity contribution in [3.63, 3.8) is 0 Å². The van der Waals surface area contributed by atoms with Gasteiger partial charge in [0.2, 0.25) is 0 Å². The van der Waals surface area contributed by atoms with Gasteiger partial charge in [0, 0.05) is 23.7 Å². The van der Waals surface area contributed by atoms with E-state index < -0.39 is 0 Å². The lowest BCUT2D eigenvalue weighted by molar-refractivity contribution is 0.187. The minimum absolute atomic E-state index is 0.543. The van der Waals surface area contributed by atoms with Crippen LogP contribution < -0.4 is 5.32 Å². The van der Waals surface area contributed by atoms with E-state index in [0.29, 0.717) is 18.0 Å². The fourth-order valence-corrected chi connectivity index (χ4v) is 2.17. The fraction of sp³-hybridized carbons (Fsp3) is 0.625. The summed E-state index contributed by atoms with van der Waals surface area (Å²) in [6.45, 7) is 11.0. The first-order chi connectivity index (χ1) is 8.90. The predicted octanol–water partition coefficient (Wildman–Crippen LogP) is 3.79. The zero-order valence-corrected chi connectivity index (χ0v) is 13.5. The van der Waals surface area contributed by atoms with Crippen molar-refractivity contribution in [3.8, 4) is 0 Å². The third-order valence-corrected chi connectivity index (χ3v) is 3.96. The lowest BCUT2D eigenvalue weighted by Gasteiger charge is -2.30. The molecule has 0 saturated heterocycles. The van der Waals surface area contributed by atoms with Gasteiger partial charge in [0.1, 0.15) is 0 Å². The van der Waals surface area contributed by atoms with Gasteiger partial charge in [-0.1, -0.05) is 44.5 Å². The molecular weight excluding hydrogens is 256 g/mol. The summed E-state index contributed by atoms with van der Waals surface area (Å²) in [6.07, 6.45) is 0. The molecule has 0 fully saturated rings. The van der Waals surface area contributed by atoms with Crippen molar-refractivity contribution in [1.82, 2.24) is 10.2 Å². The second-order valence-electron chi connectivity index (χ2n) is 5.82. The van der Waals surface area contributed by atoms with Gasteiger partial charge in [0.15, 0.2) is 0 Å². The number of nitrogens with one attached hydrogen (secondary N) is 1. The monoisotopic (exact) mass is 282 g/mol. The van der Waals surface area contributed by atoms with Gasteiger partial charge < -0.3 is 5.32 Å². The summed E-state index contributed by atoms with van der Waals surface area (Å²) < 4.78 is 0. The molecule has 2 nitrogen and oxygen atoms in total. The van der Waals surface area contributed by atoms with E-state index in [1.165, 1.54) is 5.56 Å². The molecule has 0 amide bonds. The van der Waals surface area contributed by atoms with Crippen LogP contribution in [0.4, 0.5) is 0 Å². The largest absolute Gasteiger partial charge is 0.314 e. The summed E-state index contributed by atoms with van der Waals surface area (Å²) in [5.74, 6) is 0.625. The van der Waals surface area contributed by atoms with Crippen LogP contribution in [0.1, 0.15) is 33.3 Å². The van der Waals surface area contributed by atoms with Gasteiger partial charge in [-0.2, -0.15) is 0 Å². The molecule has 2 unspecified atom stereocenters. The van der Waals surface area contributed by atoms with E-state index in [4.69, 9.17) is 11.6 Å². The Morgan fingerprint density at radius 3 is 2.21 bits per heavy atom. The third-order valence-electron chi connectivity index (χ3n) is 3.71. The molecule has 0 aromatic heterocycles. The van der Waals surface area contributed by atoms with Crippen molar-refractivity contribution >= 4 is 11.6 Å². The molecule has 1 N–H and O–H groups in total. The summed E-state index contributed by atoms with van der Waals surface area (Å²) in [6, 6.07) is 9.21. The van der Waals surface area contributed by atoms with Crippen LogP contribution in [-0.2, 0) is 6.54 Å². The lowest BCUT2D eigenvalue weighted by atomic mass is 10.0. The van der Waals surface area contributed by atoms with E-state index in [9.17, 15) is 0 Å². The van der Waals surface area contributed by atoms with Crippen LogP contribution in [0, 0.1) is 5.92 Å². The maximum atomic E-state index is 5.91. The molecule has 1 aromatic rings. The molecule has 1 rings (SSSR count). The van der Waals surface area contributed by atoms with E-state index in [-0.39, 0.29) is 0 Å². The van der Waals surface area contributed by atoms with Gasteiger partial charge >= 0.3 is 0 Å². The molecule has 108 valence electrons. The summed E-state index contributed by atoms with van der Waals surface area (Å²) in [5, 5.41) is 4.31. The van der Waals surface area contributed by atoms with Crippen LogP contribution in [-0.4, -0.2) is 30.6 Å². The van der Waals surface area contributed by atoms with Crippen LogP contribution in [0.15, 0.2) is 24.3 Å². The minimum atomic E-state index is 0.543. The highest BCUT2D eigenvalue weighted by molar-refractivity contribution is 6.30. The van der Waals surface area contributed by atoms with Crippen LogP contribution in [0.2, 0.25) is 5.02 Å². The van der Waals surface area contributed by atoms with Gasteiger partial charge in [0.25, 0.3) is 0 Å². The molecule has 0 saturated carbocycles. The Balaban J connectivity index is 2.47. The average molecular weight is 283 g/mol. The van der Waals surface area contributed by atoms with Crippen molar-refractivity contribution in [2.24, 2.45) is 5.92 Å². The molecule has 0 heterocycles. The molecule has 0 aliphatic rings. The highest BCUT2D eigenvalue weighted by Gasteiger charge is 2.17. The smallest absolute Gasteiger partial charge is 0.0406 e. The molecular formula is C16H27ClN2. The molecule has 0 aliphatic carbocycles. The molecule has 3 heteroatoms. The topological polar surface area (TPSA) is 15.3 Å². The lowest BCUT2D eigenvalue weighted by Crippen LogP contribution is -2.40. The molecule has 0 aliphatic heterocycles. The Kier molecular flexibility index (Phi) is 6.84. The number of hydrogen-bond acceptors (Lipinski definition) is 2. The Labute approximate surface area is 123 Å². The Hall–Kier alpha value is -0.570. The molecule has 0 radical (unpaired) electrons. The van der Waals surface area contributed by atoms with Crippen molar-refractivity contribution in [1.29, 1.82) is 0 Å². The fourth-order valence-electron chi connectivity index (χ4n) is 2.05. The van der Waals surface area contributed by atoms with Crippen LogP contribution in [0.5, 0.6) is 0 Å². The van der Waals surface area contributed by atoms with E-state index in [1.54, 1.807) is 0 Å². The predicted molar refractivity (Wildman–Crippen MR) is 84.7 cm³/mol. The Bertz CT molecular complexity index is 362. The van der Waals surface area contributed by atoms with Gasteiger partial charge in [0.05, 0.1) is 0 Å². The summed E-state index contributed by atoms with van der Waals surface area (Å²) in [5.41, 5.74) is 1.31. The first kappa shape index (κ1) is 16.5. The van der Waals surface area contributed by atoms with E-state index >= 15 is 0 Å². The SMILES string of the molecule is CC(C)NCC(C)C(C)N(C)Cc1ccc(Cl)cc1. The molecule has 0 spiro atoms. The quantitative estimate of drug-likeness (QED) is 0.818. The first-order valence-electron chi connectivity index (χ1n) is 7.08. The maximum absolute atomic E-state index is 5.91. The normalized spacial score (nSPS) is 14.9. The second kappa shape index (κ2) is 7.88. The number of nitrogens with zero attached hydrogens (tertiary/aromatic N) is 1. The van der Waals surface area contributed by atoms with Crippen molar-refractivity contribution < 1.29 is 0 Å². The summed E-state index contributed by atoms with van der Waals surface area (Å²) in [7, 11) is 2.19. The van der Waals surface area contributed by atoms with Gasteiger partial charge in [-0.25, -0.2) is 0 Å². The van der Waals surface area contributed by atoms with Crippen molar-refractivity contribution in [3.05, 3.63) is 34.9 Å². The van der Waals surface area contributed by atoms with Gasteiger partial charge in [-0.05, 0) is 44.1 Å². The van der Waals surface area contributed by atoms with E-state index in [1.807, 2.05) is 12.1 Å². The highest BCUT2D eigenvalue weighted by atomic mass is 35.5. The zero-order valence-electron chi connectivity index (χ0n) is 12.8.